The maximum absolute atomic E-state index is 11.3. The van der Waals surface area contributed by atoms with Gasteiger partial charge in [-0.05, 0) is 46.8 Å². The second-order valence-electron chi connectivity index (χ2n) is 5.54. The molecule has 1 aromatic rings. The molecule has 0 saturated heterocycles. The van der Waals surface area contributed by atoms with Crippen molar-refractivity contribution in [3.8, 4) is 0 Å². The Kier molecular flexibility index (Phi) is 18.5. The van der Waals surface area contributed by atoms with Gasteiger partial charge in [0, 0.05) is 18.8 Å². The Balaban J connectivity index is -0.000000330. The Bertz CT molecular complexity index is 494. The number of rotatable bonds is 5. The van der Waals surface area contributed by atoms with Gasteiger partial charge in [0.15, 0.2) is 0 Å². The summed E-state index contributed by atoms with van der Waals surface area (Å²) in [6.07, 6.45) is 1.31. The van der Waals surface area contributed by atoms with Crippen molar-refractivity contribution in [3.05, 3.63) is 42.0 Å². The third-order valence-electron chi connectivity index (χ3n) is 2.40. The summed E-state index contributed by atoms with van der Waals surface area (Å²) in [5.41, 5.74) is 0.910. The topological polar surface area (TPSA) is 146 Å². The van der Waals surface area contributed by atoms with Crippen molar-refractivity contribution in [3.63, 3.8) is 0 Å². The Morgan fingerprint density at radius 3 is 1.58 bits per heavy atom. The van der Waals surface area contributed by atoms with E-state index in [1.807, 2.05) is 6.07 Å². The first-order valence-corrected chi connectivity index (χ1v) is 8.47. The predicted octanol–water partition coefficient (Wildman–Crippen LogP) is -3.22. The number of halogens is 1. The molecule has 0 aliphatic rings. The van der Waals surface area contributed by atoms with Crippen molar-refractivity contribution >= 4 is 11.5 Å². The molecule has 1 radical (unpaired) electrons. The maximum atomic E-state index is 11.3. The third kappa shape index (κ3) is 27.8. The maximum Gasteiger partial charge on any atom is 2.00 e. The van der Waals surface area contributed by atoms with Crippen molar-refractivity contribution in [2.75, 3.05) is 41.3 Å². The van der Waals surface area contributed by atoms with Crippen LogP contribution in [0.15, 0.2) is 36.4 Å². The zero-order valence-electron chi connectivity index (χ0n) is 15.5. The monoisotopic (exact) mass is 438 g/mol. The van der Waals surface area contributed by atoms with E-state index in [9.17, 15) is 5.11 Å². The number of nitrogens with zero attached hydrogens (tertiary/aromatic N) is 2. The quantitative estimate of drug-likeness (QED) is 0.289. The summed E-state index contributed by atoms with van der Waals surface area (Å²) in [5, 5.41) is 18.4. The summed E-state index contributed by atoms with van der Waals surface area (Å²) < 4.78 is 34.0. The first-order valence-electron chi connectivity index (χ1n) is 7.23. The van der Waals surface area contributed by atoms with Gasteiger partial charge >= 0.3 is 17.1 Å². The smallest absolute Gasteiger partial charge is 0.872 e. The summed E-state index contributed by atoms with van der Waals surface area (Å²) in [6, 6.07) is 8.94. The van der Waals surface area contributed by atoms with Gasteiger partial charge in [0.1, 0.15) is 0 Å². The number of hydrogen-bond acceptors (Lipinski definition) is 8. The largest absolute Gasteiger partial charge is 2.00 e. The van der Waals surface area contributed by atoms with Crippen LogP contribution in [0.1, 0.15) is 12.5 Å². The van der Waals surface area contributed by atoms with Crippen LogP contribution >= 0.6 is 0 Å². The molecule has 0 unspecified atom stereocenters. The summed E-state index contributed by atoms with van der Waals surface area (Å²) in [7, 11) is 3.40. The second-order valence-corrected chi connectivity index (χ2v) is 6.30. The molecule has 0 saturated carbocycles. The van der Waals surface area contributed by atoms with Crippen LogP contribution in [0.3, 0.4) is 0 Å². The van der Waals surface area contributed by atoms with Gasteiger partial charge in [0.05, 0.1) is 0 Å². The molecule has 26 heavy (non-hydrogen) atoms. The summed E-state index contributed by atoms with van der Waals surface area (Å²) in [6.45, 7) is 3.88. The summed E-state index contributed by atoms with van der Waals surface area (Å²) in [4.78, 5) is 4.36. The fourth-order valence-electron chi connectivity index (χ4n) is 1.28. The van der Waals surface area contributed by atoms with E-state index >= 15 is 0 Å². The number of nitrogens with one attached hydrogen (secondary N) is 1. The van der Waals surface area contributed by atoms with Crippen LogP contribution in [-0.4, -0.2) is 56.8 Å². The molecule has 0 amide bonds. The molecule has 0 spiro atoms. The van der Waals surface area contributed by atoms with Crippen LogP contribution in [0.2, 0.25) is 0 Å². The molecule has 0 fully saturated rings. The van der Waals surface area contributed by atoms with Gasteiger partial charge in [-0.1, -0.05) is 36.1 Å². The second kappa shape index (κ2) is 16.2. The van der Waals surface area contributed by atoms with Crippen molar-refractivity contribution in [2.24, 2.45) is 0 Å². The van der Waals surface area contributed by atoms with Crippen molar-refractivity contribution in [1.29, 1.82) is 5.41 Å². The Hall–Kier alpha value is -1.00. The molecule has 1 aromatic carbocycles. The van der Waals surface area contributed by atoms with Gasteiger partial charge in [-0.3, -0.25) is 0 Å². The fraction of sp³-hybridized carbons (Fsp3) is 0.438. The van der Waals surface area contributed by atoms with E-state index in [0.29, 0.717) is 5.56 Å². The van der Waals surface area contributed by atoms with Gasteiger partial charge in [0.25, 0.3) is 0 Å². The molecule has 0 atom stereocenters. The van der Waals surface area contributed by atoms with E-state index in [-0.39, 0.29) is 28.5 Å². The first-order chi connectivity index (χ1) is 11.3. The molecule has 0 aliphatic heterocycles. The summed E-state index contributed by atoms with van der Waals surface area (Å²) in [5.74, 6) is -0.108. The molecular formula is C16H26ClCuN3O5. The van der Waals surface area contributed by atoms with Crippen LogP contribution in [0.4, 0.5) is 0 Å². The number of hydrogen-bond donors (Lipinski definition) is 1. The SMILES string of the molecule is CC(=N)/C=C(\[O-])c1ccccc1.CN(C)CCN(C)C.[Cu+2].[O-][Cl+3]([O-])([O-])[O-]. The van der Waals surface area contributed by atoms with Gasteiger partial charge < -0.3 is 20.3 Å². The zero-order valence-corrected chi connectivity index (χ0v) is 17.2. The van der Waals surface area contributed by atoms with Gasteiger partial charge in [-0.15, -0.1) is 10.2 Å². The molecule has 1 rings (SSSR count). The zero-order chi connectivity index (χ0) is 20.0. The fourth-order valence-corrected chi connectivity index (χ4v) is 1.28. The van der Waals surface area contributed by atoms with Crippen molar-refractivity contribution in [2.45, 2.75) is 6.92 Å². The minimum Gasteiger partial charge on any atom is -0.872 e. The van der Waals surface area contributed by atoms with Crippen molar-refractivity contribution in [1.82, 2.24) is 9.80 Å². The predicted molar refractivity (Wildman–Crippen MR) is 84.9 cm³/mol. The van der Waals surface area contributed by atoms with Crippen molar-refractivity contribution < 1.29 is 51.1 Å². The van der Waals surface area contributed by atoms with Crippen LogP contribution in [-0.2, 0) is 17.1 Å². The molecule has 0 heterocycles. The molecule has 10 heteroatoms. The van der Waals surface area contributed by atoms with E-state index in [1.165, 1.54) is 6.08 Å². The van der Waals surface area contributed by atoms with E-state index in [2.05, 4.69) is 38.0 Å². The Morgan fingerprint density at radius 2 is 1.31 bits per heavy atom. The van der Waals surface area contributed by atoms with Crippen LogP contribution < -0.4 is 23.7 Å². The molecule has 0 aliphatic carbocycles. The van der Waals surface area contributed by atoms with E-state index < -0.39 is 10.2 Å². The standard InChI is InChI=1S/C10H11NO.C6H16N2.ClHO4.Cu/c1-8(11)7-10(12)9-5-3-2-4-6-9;1-7(2)5-6-8(3)4;2-1(3,4)5;/h2-7,11-12H,1H3;5-6H2,1-4H3;(H,2,3,4,5);/q;;;+2/p-2/b10-7-,11-8?;;;. The third-order valence-corrected chi connectivity index (χ3v) is 2.40. The Labute approximate surface area is 168 Å². The van der Waals surface area contributed by atoms with Gasteiger partial charge in [-0.25, -0.2) is 18.6 Å². The number of benzene rings is 1. The molecule has 153 valence electrons. The summed E-state index contributed by atoms with van der Waals surface area (Å²) >= 11 is 0. The molecule has 8 nitrogen and oxygen atoms in total. The normalized spacial score (nSPS) is 11.0. The van der Waals surface area contributed by atoms with E-state index in [1.54, 1.807) is 31.2 Å². The average molecular weight is 439 g/mol. The molecule has 1 N–H and O–H groups in total. The van der Waals surface area contributed by atoms with Gasteiger partial charge in [-0.2, -0.15) is 0 Å². The van der Waals surface area contributed by atoms with Crippen LogP contribution in [0, 0.1) is 15.7 Å². The minimum atomic E-state index is -4.94. The first kappa shape index (κ1) is 29.8. The van der Waals surface area contributed by atoms with Gasteiger partial charge in [0.2, 0.25) is 0 Å². The van der Waals surface area contributed by atoms with E-state index in [4.69, 9.17) is 24.0 Å². The Morgan fingerprint density at radius 1 is 0.962 bits per heavy atom. The molecule has 0 aromatic heterocycles. The molecule has 0 bridgehead atoms. The van der Waals surface area contributed by atoms with Crippen LogP contribution in [0.25, 0.3) is 5.76 Å². The number of allylic oxidation sites excluding steroid dienone is 1. The van der Waals surface area contributed by atoms with E-state index in [0.717, 1.165) is 13.1 Å². The van der Waals surface area contributed by atoms with Crippen LogP contribution in [0.5, 0.6) is 0 Å². The average Bonchev–Trinajstić information content (AvgIpc) is 2.44. The molecular weight excluding hydrogens is 413 g/mol. The number of likely N-dealkylation sites (N-methyl/N-ethyl adjacent to an activating group) is 2. The minimum absolute atomic E-state index is 0.